The van der Waals surface area contributed by atoms with Gasteiger partial charge >= 0.3 is 0 Å². The fourth-order valence-corrected chi connectivity index (χ4v) is 3.32. The first-order valence-electron chi connectivity index (χ1n) is 5.95. The number of aryl methyl sites for hydroxylation is 1. The Morgan fingerprint density at radius 1 is 1.39 bits per heavy atom. The first-order chi connectivity index (χ1) is 8.74. The van der Waals surface area contributed by atoms with Crippen LogP contribution in [-0.2, 0) is 6.42 Å². The molecule has 1 unspecified atom stereocenters. The van der Waals surface area contributed by atoms with Gasteiger partial charge in [-0.2, -0.15) is 0 Å². The van der Waals surface area contributed by atoms with Gasteiger partial charge in [0.1, 0.15) is 0 Å². The molecule has 0 amide bonds. The quantitative estimate of drug-likeness (QED) is 0.845. The normalized spacial score (nSPS) is 12.6. The first kappa shape index (κ1) is 13.6. The number of thiazole rings is 1. The molecule has 0 bridgehead atoms. The molecular formula is C14H18N2S2. The summed E-state index contributed by atoms with van der Waals surface area (Å²) < 4.78 is 0. The minimum Gasteiger partial charge on any atom is -0.313 e. The van der Waals surface area contributed by atoms with Gasteiger partial charge in [-0.1, -0.05) is 18.2 Å². The monoisotopic (exact) mass is 278 g/mol. The van der Waals surface area contributed by atoms with E-state index in [9.17, 15) is 0 Å². The number of nitrogens with zero attached hydrogens (tertiary/aromatic N) is 1. The molecule has 2 aromatic rings. The highest BCUT2D eigenvalue weighted by Gasteiger charge is 2.14. The number of aromatic nitrogens is 1. The second-order valence-corrected chi connectivity index (χ2v) is 6.06. The van der Waals surface area contributed by atoms with Gasteiger partial charge in [-0.3, -0.25) is 0 Å². The third kappa shape index (κ3) is 3.13. The smallest absolute Gasteiger partial charge is 0.0897 e. The summed E-state index contributed by atoms with van der Waals surface area (Å²) in [6.07, 6.45) is 3.07. The molecule has 0 radical (unpaired) electrons. The summed E-state index contributed by atoms with van der Waals surface area (Å²) in [6.45, 7) is 2.05. The molecule has 1 N–H and O–H groups in total. The summed E-state index contributed by atoms with van der Waals surface area (Å²) >= 11 is 3.52. The van der Waals surface area contributed by atoms with Crippen molar-refractivity contribution in [1.29, 1.82) is 0 Å². The Hall–Kier alpha value is -0.840. The molecule has 18 heavy (non-hydrogen) atoms. The van der Waals surface area contributed by atoms with Gasteiger partial charge in [0, 0.05) is 22.7 Å². The van der Waals surface area contributed by atoms with Gasteiger partial charge in [-0.25, -0.2) is 4.98 Å². The summed E-state index contributed by atoms with van der Waals surface area (Å²) in [6, 6.07) is 8.90. The molecule has 1 atom stereocenters. The van der Waals surface area contributed by atoms with Crippen molar-refractivity contribution in [2.45, 2.75) is 24.3 Å². The van der Waals surface area contributed by atoms with Crippen molar-refractivity contribution in [3.63, 3.8) is 0 Å². The van der Waals surface area contributed by atoms with Crippen LogP contribution in [0.5, 0.6) is 0 Å². The van der Waals surface area contributed by atoms with Crippen LogP contribution in [0, 0.1) is 6.92 Å². The Morgan fingerprint density at radius 3 is 2.78 bits per heavy atom. The van der Waals surface area contributed by atoms with Gasteiger partial charge < -0.3 is 5.32 Å². The summed E-state index contributed by atoms with van der Waals surface area (Å²) in [5, 5.41) is 6.69. The predicted octanol–water partition coefficient (Wildman–Crippen LogP) is 3.68. The Morgan fingerprint density at radius 2 is 2.17 bits per heavy atom. The highest BCUT2D eigenvalue weighted by Crippen LogP contribution is 2.28. The number of nitrogens with one attached hydrogen (secondary N) is 1. The number of rotatable bonds is 5. The predicted molar refractivity (Wildman–Crippen MR) is 80.6 cm³/mol. The molecular weight excluding hydrogens is 260 g/mol. The minimum atomic E-state index is 0.329. The molecule has 0 saturated heterocycles. The minimum absolute atomic E-state index is 0.329. The summed E-state index contributed by atoms with van der Waals surface area (Å²) in [4.78, 5) is 5.89. The van der Waals surface area contributed by atoms with Crippen LogP contribution in [0.4, 0.5) is 0 Å². The molecule has 0 aliphatic carbocycles. The Bertz CT molecular complexity index is 508. The van der Waals surface area contributed by atoms with Gasteiger partial charge in [-0.15, -0.1) is 23.1 Å². The second-order valence-electron chi connectivity index (χ2n) is 4.15. The molecule has 2 nitrogen and oxygen atoms in total. The zero-order chi connectivity index (χ0) is 13.0. The third-order valence-electron chi connectivity index (χ3n) is 2.94. The molecule has 1 aromatic heterocycles. The van der Waals surface area contributed by atoms with Crippen LogP contribution in [0.15, 0.2) is 34.5 Å². The number of thioether (sulfide) groups is 1. The SMILES string of the molecule is CNC(Cc1csc(C)n1)c1ccccc1SC. The maximum absolute atomic E-state index is 4.55. The Balaban J connectivity index is 2.22. The number of likely N-dealkylation sites (N-methyl/N-ethyl adjacent to an activating group) is 1. The van der Waals surface area contributed by atoms with Crippen LogP contribution in [0.25, 0.3) is 0 Å². The van der Waals surface area contributed by atoms with Gasteiger partial charge in [0.05, 0.1) is 10.7 Å². The Kier molecular flexibility index (Phi) is 4.80. The molecule has 0 fully saturated rings. The number of hydrogen-bond acceptors (Lipinski definition) is 4. The lowest BCUT2D eigenvalue weighted by atomic mass is 10.0. The maximum Gasteiger partial charge on any atom is 0.0897 e. The van der Waals surface area contributed by atoms with E-state index in [1.807, 2.05) is 7.05 Å². The van der Waals surface area contributed by atoms with E-state index < -0.39 is 0 Å². The van der Waals surface area contributed by atoms with Crippen molar-refractivity contribution >= 4 is 23.1 Å². The molecule has 1 aromatic carbocycles. The zero-order valence-electron chi connectivity index (χ0n) is 10.9. The van der Waals surface area contributed by atoms with Crippen molar-refractivity contribution in [3.8, 4) is 0 Å². The van der Waals surface area contributed by atoms with E-state index in [1.54, 1.807) is 23.1 Å². The molecule has 4 heteroatoms. The van der Waals surface area contributed by atoms with Gasteiger partial charge in [-0.05, 0) is 31.9 Å². The van der Waals surface area contributed by atoms with E-state index in [0.717, 1.165) is 11.4 Å². The van der Waals surface area contributed by atoms with E-state index >= 15 is 0 Å². The van der Waals surface area contributed by atoms with Gasteiger partial charge in [0.15, 0.2) is 0 Å². The molecule has 96 valence electrons. The Labute approximate surface area is 117 Å². The number of hydrogen-bond donors (Lipinski definition) is 1. The lowest BCUT2D eigenvalue weighted by Gasteiger charge is -2.18. The maximum atomic E-state index is 4.55. The fraction of sp³-hybridized carbons (Fsp3) is 0.357. The standard InChI is InChI=1S/C14H18N2S2/c1-10-16-11(9-18-10)8-13(15-2)12-6-4-5-7-14(12)17-3/h4-7,9,13,15H,8H2,1-3H3. The van der Waals surface area contributed by atoms with Crippen molar-refractivity contribution in [1.82, 2.24) is 10.3 Å². The fourth-order valence-electron chi connectivity index (χ4n) is 2.03. The van der Waals surface area contributed by atoms with E-state index in [1.165, 1.54) is 16.2 Å². The molecule has 1 heterocycles. The molecule has 2 rings (SSSR count). The summed E-state index contributed by atoms with van der Waals surface area (Å²) in [5.41, 5.74) is 2.53. The average molecular weight is 278 g/mol. The molecule has 0 aliphatic rings. The van der Waals surface area contributed by atoms with Gasteiger partial charge in [0.2, 0.25) is 0 Å². The van der Waals surface area contributed by atoms with E-state index in [4.69, 9.17) is 0 Å². The van der Waals surface area contributed by atoms with Crippen molar-refractivity contribution < 1.29 is 0 Å². The number of benzene rings is 1. The van der Waals surface area contributed by atoms with E-state index in [0.29, 0.717) is 6.04 Å². The second kappa shape index (κ2) is 6.36. The molecule has 0 saturated carbocycles. The van der Waals surface area contributed by atoms with Crippen LogP contribution in [0.2, 0.25) is 0 Å². The molecule has 0 aliphatic heterocycles. The van der Waals surface area contributed by atoms with Crippen LogP contribution in [-0.4, -0.2) is 18.3 Å². The van der Waals surface area contributed by atoms with Crippen molar-refractivity contribution in [2.75, 3.05) is 13.3 Å². The van der Waals surface area contributed by atoms with Crippen LogP contribution < -0.4 is 5.32 Å². The van der Waals surface area contributed by atoms with Crippen LogP contribution >= 0.6 is 23.1 Å². The van der Waals surface area contributed by atoms with Crippen LogP contribution in [0.1, 0.15) is 22.3 Å². The topological polar surface area (TPSA) is 24.9 Å². The van der Waals surface area contributed by atoms with Crippen LogP contribution in [0.3, 0.4) is 0 Å². The van der Waals surface area contributed by atoms with Gasteiger partial charge in [0.25, 0.3) is 0 Å². The highest BCUT2D eigenvalue weighted by atomic mass is 32.2. The highest BCUT2D eigenvalue weighted by molar-refractivity contribution is 7.98. The molecule has 0 spiro atoms. The summed E-state index contributed by atoms with van der Waals surface area (Å²) in [5.74, 6) is 0. The first-order valence-corrected chi connectivity index (χ1v) is 8.06. The largest absolute Gasteiger partial charge is 0.313 e. The zero-order valence-corrected chi connectivity index (χ0v) is 12.6. The van der Waals surface area contributed by atoms with Crippen molar-refractivity contribution in [2.24, 2.45) is 0 Å². The lowest BCUT2D eigenvalue weighted by Crippen LogP contribution is -2.19. The summed E-state index contributed by atoms with van der Waals surface area (Å²) in [7, 11) is 2.01. The van der Waals surface area contributed by atoms with E-state index in [2.05, 4.69) is 53.1 Å². The average Bonchev–Trinajstić information content (AvgIpc) is 2.81. The third-order valence-corrected chi connectivity index (χ3v) is 4.58. The lowest BCUT2D eigenvalue weighted by molar-refractivity contribution is 0.577. The van der Waals surface area contributed by atoms with Crippen molar-refractivity contribution in [3.05, 3.63) is 45.9 Å². The van der Waals surface area contributed by atoms with E-state index in [-0.39, 0.29) is 0 Å².